The van der Waals surface area contributed by atoms with E-state index in [1.165, 1.54) is 25.2 Å². The summed E-state index contributed by atoms with van der Waals surface area (Å²) in [7, 11) is -3.60. The Balaban J connectivity index is 1.55. The zero-order valence-electron chi connectivity index (χ0n) is 22.3. The molecule has 0 aliphatic heterocycles. The number of aromatic nitrogens is 4. The number of rotatable bonds is 8. The van der Waals surface area contributed by atoms with E-state index < -0.39 is 51.5 Å². The van der Waals surface area contributed by atoms with Crippen molar-refractivity contribution in [3.05, 3.63) is 23.7 Å². The van der Waals surface area contributed by atoms with E-state index in [9.17, 15) is 31.8 Å². The summed E-state index contributed by atoms with van der Waals surface area (Å²) < 4.78 is 63.3. The molecule has 15 heteroatoms. The molecule has 0 radical (unpaired) electrons. The number of nitrogens with zero attached hydrogens (tertiary/aromatic N) is 4. The summed E-state index contributed by atoms with van der Waals surface area (Å²) in [6.45, 7) is 3.27. The first kappa shape index (κ1) is 28.9. The normalized spacial score (nSPS) is 24.0. The van der Waals surface area contributed by atoms with Gasteiger partial charge in [-0.3, -0.25) is 4.98 Å². The lowest BCUT2D eigenvalue weighted by molar-refractivity contribution is -0.115. The van der Waals surface area contributed by atoms with Gasteiger partial charge >= 0.3 is 6.18 Å². The Kier molecular flexibility index (Phi) is 7.25. The maximum Gasteiger partial charge on any atom is 0.405 e. The summed E-state index contributed by atoms with van der Waals surface area (Å²) >= 11 is 1.37. The Morgan fingerprint density at radius 2 is 1.82 bits per heavy atom. The van der Waals surface area contributed by atoms with Gasteiger partial charge in [-0.2, -0.15) is 18.2 Å². The summed E-state index contributed by atoms with van der Waals surface area (Å²) in [4.78, 5) is 17.9. The molecule has 3 aromatic rings. The van der Waals surface area contributed by atoms with Crippen LogP contribution >= 0.6 is 11.3 Å². The van der Waals surface area contributed by atoms with Gasteiger partial charge in [-0.25, -0.2) is 18.4 Å². The van der Waals surface area contributed by atoms with Gasteiger partial charge in [0, 0.05) is 24.3 Å². The number of anilines is 2. The first-order valence-corrected chi connectivity index (χ1v) is 15.5. The van der Waals surface area contributed by atoms with E-state index in [0.717, 1.165) is 35.0 Å². The summed E-state index contributed by atoms with van der Waals surface area (Å²) in [5.74, 6) is -0.624. The predicted octanol–water partition coefficient (Wildman–Crippen LogP) is 3.65. The van der Waals surface area contributed by atoms with Gasteiger partial charge in [-0.15, -0.1) is 11.3 Å². The minimum Gasteiger partial charge on any atom is -0.390 e. The molecule has 3 aromatic heterocycles. The number of aliphatic hydroxyl groups is 2. The molecule has 4 atom stereocenters. The standard InChI is InChI=1S/C25H31F3N6O4S2/c1-11-16(22-33-18-15(39-22)7-8-29-17(18)12-5-6-12)21(34-23(31-11)30-10-25(26,27)28)32-14-9-13(19(35)20(14)36)24(2,3)40(4,37)38/h7-8,12-14,19-20,35-36H,5-6,9-10H2,1-4H3,(H2,30,31,32,34)/t13-,14+,19+,20-/m0/s1. The van der Waals surface area contributed by atoms with Crippen LogP contribution in [-0.4, -0.2) is 80.5 Å². The monoisotopic (exact) mass is 600 g/mol. The molecule has 0 amide bonds. The van der Waals surface area contributed by atoms with Crippen molar-refractivity contribution in [2.75, 3.05) is 23.4 Å². The third kappa shape index (κ3) is 5.48. The second-order valence-electron chi connectivity index (χ2n) is 11.1. The fourth-order valence-corrected chi connectivity index (χ4v) is 7.00. The lowest BCUT2D eigenvalue weighted by Crippen LogP contribution is -2.45. The number of sulfone groups is 1. The van der Waals surface area contributed by atoms with E-state index in [-0.39, 0.29) is 18.2 Å². The van der Waals surface area contributed by atoms with Crippen LogP contribution in [0, 0.1) is 12.8 Å². The van der Waals surface area contributed by atoms with Crippen molar-refractivity contribution in [1.82, 2.24) is 19.9 Å². The molecule has 10 nitrogen and oxygen atoms in total. The number of halogens is 3. The summed E-state index contributed by atoms with van der Waals surface area (Å²) in [6.07, 6.45) is -2.28. The maximum absolute atomic E-state index is 12.9. The van der Waals surface area contributed by atoms with Gasteiger partial charge in [-0.05, 0) is 46.1 Å². The van der Waals surface area contributed by atoms with Gasteiger partial charge in [0.2, 0.25) is 5.95 Å². The zero-order valence-corrected chi connectivity index (χ0v) is 24.0. The van der Waals surface area contributed by atoms with Crippen molar-refractivity contribution < 1.29 is 31.8 Å². The summed E-state index contributed by atoms with van der Waals surface area (Å²) in [6, 6.07) is 1.00. The van der Waals surface area contributed by atoms with Crippen LogP contribution in [-0.2, 0) is 9.84 Å². The Labute approximate surface area is 233 Å². The number of fused-ring (bicyclic) bond motifs is 1. The minimum absolute atomic E-state index is 0.0752. The second-order valence-corrected chi connectivity index (χ2v) is 14.7. The molecule has 2 aliphatic carbocycles. The SMILES string of the molecule is Cc1nc(NCC(F)(F)F)nc(N[C@@H]2C[C@H](C(C)(C)S(C)(=O)=O)[C@@H](O)[C@H]2O)c1-c1nc2c(C3CC3)nccc2s1. The van der Waals surface area contributed by atoms with Crippen LogP contribution in [0.5, 0.6) is 0 Å². The van der Waals surface area contributed by atoms with Crippen LogP contribution in [0.15, 0.2) is 12.3 Å². The number of aliphatic hydroxyl groups excluding tert-OH is 2. The first-order valence-electron chi connectivity index (χ1n) is 12.8. The highest BCUT2D eigenvalue weighted by Gasteiger charge is 2.52. The Morgan fingerprint density at radius 3 is 2.45 bits per heavy atom. The first-order chi connectivity index (χ1) is 18.6. The molecule has 218 valence electrons. The molecule has 0 saturated heterocycles. The van der Waals surface area contributed by atoms with E-state index in [1.54, 1.807) is 13.1 Å². The number of hydrogen-bond donors (Lipinski definition) is 4. The zero-order chi connectivity index (χ0) is 29.2. The molecule has 3 heterocycles. The van der Waals surface area contributed by atoms with Gasteiger partial charge in [-0.1, -0.05) is 0 Å². The number of alkyl halides is 3. The number of hydrogen-bond acceptors (Lipinski definition) is 11. The van der Waals surface area contributed by atoms with Crippen LogP contribution in [0.4, 0.5) is 24.9 Å². The van der Waals surface area contributed by atoms with E-state index >= 15 is 0 Å². The largest absolute Gasteiger partial charge is 0.405 e. The number of pyridine rings is 1. The van der Waals surface area contributed by atoms with Gasteiger partial charge in [0.15, 0.2) is 9.84 Å². The van der Waals surface area contributed by atoms with E-state index in [2.05, 4.69) is 25.6 Å². The Hall–Kier alpha value is -2.62. The predicted molar refractivity (Wildman–Crippen MR) is 146 cm³/mol. The van der Waals surface area contributed by atoms with Crippen molar-refractivity contribution in [2.45, 2.75) is 75.1 Å². The Morgan fingerprint density at radius 1 is 1.12 bits per heavy atom. The average Bonchev–Trinajstić information content (AvgIpc) is 3.54. The van der Waals surface area contributed by atoms with Crippen molar-refractivity contribution >= 4 is 43.2 Å². The third-order valence-corrected chi connectivity index (χ3v) is 11.2. The summed E-state index contributed by atoms with van der Waals surface area (Å²) in [5, 5.41) is 27.5. The number of aryl methyl sites for hydroxylation is 1. The van der Waals surface area contributed by atoms with E-state index in [0.29, 0.717) is 22.2 Å². The molecule has 5 rings (SSSR count). The third-order valence-electron chi connectivity index (χ3n) is 7.90. The van der Waals surface area contributed by atoms with E-state index in [4.69, 9.17) is 4.98 Å². The van der Waals surface area contributed by atoms with Crippen molar-refractivity contribution in [1.29, 1.82) is 0 Å². The van der Waals surface area contributed by atoms with Crippen LogP contribution < -0.4 is 10.6 Å². The van der Waals surface area contributed by atoms with Gasteiger partial charge < -0.3 is 20.8 Å². The molecular weight excluding hydrogens is 569 g/mol. The number of thiazole rings is 1. The molecule has 40 heavy (non-hydrogen) atoms. The quantitative estimate of drug-likeness (QED) is 0.302. The minimum atomic E-state index is -4.50. The highest BCUT2D eigenvalue weighted by Crippen LogP contribution is 2.45. The molecule has 0 spiro atoms. The van der Waals surface area contributed by atoms with Crippen LogP contribution in [0.3, 0.4) is 0 Å². The molecular formula is C25H31F3N6O4S2. The number of nitrogens with one attached hydrogen (secondary N) is 2. The van der Waals surface area contributed by atoms with Crippen molar-refractivity contribution in [3.8, 4) is 10.6 Å². The van der Waals surface area contributed by atoms with Gasteiger partial charge in [0.05, 0.1) is 38.5 Å². The maximum atomic E-state index is 12.9. The van der Waals surface area contributed by atoms with Crippen molar-refractivity contribution in [3.63, 3.8) is 0 Å². The fraction of sp³-hybridized carbons (Fsp3) is 0.600. The molecule has 0 aromatic carbocycles. The van der Waals surface area contributed by atoms with Crippen LogP contribution in [0.2, 0.25) is 0 Å². The molecule has 2 fully saturated rings. The molecule has 2 aliphatic rings. The molecule has 0 unspecified atom stereocenters. The van der Waals surface area contributed by atoms with Gasteiger partial charge in [0.25, 0.3) is 0 Å². The second kappa shape index (κ2) is 10.0. The molecule has 4 N–H and O–H groups in total. The molecule has 2 saturated carbocycles. The van der Waals surface area contributed by atoms with E-state index in [1.807, 2.05) is 6.07 Å². The van der Waals surface area contributed by atoms with Crippen molar-refractivity contribution in [2.24, 2.45) is 5.92 Å². The van der Waals surface area contributed by atoms with Gasteiger partial charge in [0.1, 0.15) is 29.0 Å². The molecule has 0 bridgehead atoms. The van der Waals surface area contributed by atoms with Crippen LogP contribution in [0.25, 0.3) is 20.8 Å². The highest BCUT2D eigenvalue weighted by atomic mass is 32.2. The van der Waals surface area contributed by atoms with Crippen LogP contribution in [0.1, 0.15) is 50.4 Å². The lowest BCUT2D eigenvalue weighted by Gasteiger charge is -2.32. The average molecular weight is 601 g/mol. The smallest absolute Gasteiger partial charge is 0.390 e. The fourth-order valence-electron chi connectivity index (χ4n) is 5.15. The lowest BCUT2D eigenvalue weighted by atomic mass is 9.91. The topological polar surface area (TPSA) is 150 Å². The summed E-state index contributed by atoms with van der Waals surface area (Å²) in [5.41, 5.74) is 2.44. The Bertz CT molecular complexity index is 1540. The highest BCUT2D eigenvalue weighted by molar-refractivity contribution is 7.92.